The van der Waals surface area contributed by atoms with Crippen molar-refractivity contribution in [1.29, 1.82) is 0 Å². The molecule has 3 aromatic carbocycles. The van der Waals surface area contributed by atoms with Gasteiger partial charge < -0.3 is 24.6 Å². The SMILES string of the molecule is COc1ccc(Cl)cc1C(=O)N1CCN(c2ccc(NC(=O)c3cccc(C)c3OC)cc2)CC1. The minimum atomic E-state index is -0.220. The van der Waals surface area contributed by atoms with Gasteiger partial charge in [0, 0.05) is 42.6 Å². The lowest BCUT2D eigenvalue weighted by atomic mass is 10.1. The van der Waals surface area contributed by atoms with Crippen molar-refractivity contribution in [3.8, 4) is 11.5 Å². The molecular weight excluding hydrogens is 466 g/mol. The van der Waals surface area contributed by atoms with Gasteiger partial charge in [-0.1, -0.05) is 23.7 Å². The fourth-order valence-electron chi connectivity index (χ4n) is 4.24. The maximum absolute atomic E-state index is 13.0. The molecule has 35 heavy (non-hydrogen) atoms. The summed E-state index contributed by atoms with van der Waals surface area (Å²) in [5.41, 5.74) is 3.60. The first-order chi connectivity index (χ1) is 16.9. The highest BCUT2D eigenvalue weighted by Crippen LogP contribution is 2.27. The van der Waals surface area contributed by atoms with E-state index >= 15 is 0 Å². The zero-order chi connectivity index (χ0) is 24.9. The molecule has 4 rings (SSSR count). The van der Waals surface area contributed by atoms with E-state index in [2.05, 4.69) is 10.2 Å². The molecule has 2 amide bonds. The van der Waals surface area contributed by atoms with Crippen LogP contribution in [0.5, 0.6) is 11.5 Å². The van der Waals surface area contributed by atoms with Gasteiger partial charge in [-0.3, -0.25) is 9.59 Å². The summed E-state index contributed by atoms with van der Waals surface area (Å²) in [5, 5.41) is 3.43. The molecule has 1 saturated heterocycles. The molecule has 7 nitrogen and oxygen atoms in total. The van der Waals surface area contributed by atoms with E-state index in [1.165, 1.54) is 0 Å². The van der Waals surface area contributed by atoms with Crippen LogP contribution in [0.1, 0.15) is 26.3 Å². The Hall–Kier alpha value is -3.71. The Morgan fingerprint density at radius 3 is 2.26 bits per heavy atom. The van der Waals surface area contributed by atoms with Crippen LogP contribution in [0.3, 0.4) is 0 Å². The van der Waals surface area contributed by atoms with Gasteiger partial charge in [-0.2, -0.15) is 0 Å². The topological polar surface area (TPSA) is 71.1 Å². The summed E-state index contributed by atoms with van der Waals surface area (Å²) in [7, 11) is 3.11. The molecule has 1 aliphatic rings. The van der Waals surface area contributed by atoms with Crippen LogP contribution in [0.2, 0.25) is 5.02 Å². The summed E-state index contributed by atoms with van der Waals surface area (Å²) < 4.78 is 10.7. The summed E-state index contributed by atoms with van der Waals surface area (Å²) in [6, 6.07) is 18.3. The van der Waals surface area contributed by atoms with Gasteiger partial charge >= 0.3 is 0 Å². The maximum atomic E-state index is 13.0. The van der Waals surface area contributed by atoms with Crippen LogP contribution >= 0.6 is 11.6 Å². The molecule has 0 unspecified atom stereocenters. The fourth-order valence-corrected chi connectivity index (χ4v) is 4.41. The fraction of sp³-hybridized carbons (Fsp3) is 0.259. The molecule has 0 spiro atoms. The summed E-state index contributed by atoms with van der Waals surface area (Å²) in [6.07, 6.45) is 0. The predicted octanol–water partition coefficient (Wildman–Crippen LogP) is 4.88. The van der Waals surface area contributed by atoms with Gasteiger partial charge in [0.05, 0.1) is 25.3 Å². The number of benzene rings is 3. The van der Waals surface area contributed by atoms with E-state index < -0.39 is 0 Å². The minimum Gasteiger partial charge on any atom is -0.496 e. The third-order valence-corrected chi connectivity index (χ3v) is 6.34. The number of methoxy groups -OCH3 is 2. The van der Waals surface area contributed by atoms with Crippen molar-refractivity contribution >= 4 is 34.8 Å². The summed E-state index contributed by atoms with van der Waals surface area (Å²) >= 11 is 6.09. The van der Waals surface area contributed by atoms with Crippen molar-refractivity contribution in [2.45, 2.75) is 6.92 Å². The number of hydrogen-bond donors (Lipinski definition) is 1. The van der Waals surface area contributed by atoms with Crippen LogP contribution < -0.4 is 19.7 Å². The standard InChI is InChI=1S/C27H28ClN3O4/c1-18-5-4-6-22(25(18)35-3)26(32)29-20-8-10-21(11-9-20)30-13-15-31(16-14-30)27(33)23-17-19(28)7-12-24(23)34-2/h4-12,17H,13-16H2,1-3H3,(H,29,32). The van der Waals surface area contributed by atoms with Gasteiger partial charge in [0.25, 0.3) is 11.8 Å². The monoisotopic (exact) mass is 493 g/mol. The van der Waals surface area contributed by atoms with Gasteiger partial charge in [-0.15, -0.1) is 0 Å². The third kappa shape index (κ3) is 5.35. The molecule has 1 fully saturated rings. The zero-order valence-electron chi connectivity index (χ0n) is 20.0. The number of nitrogens with zero attached hydrogens (tertiary/aromatic N) is 2. The van der Waals surface area contributed by atoms with Crippen LogP contribution in [0.25, 0.3) is 0 Å². The van der Waals surface area contributed by atoms with Crippen LogP contribution in [0.4, 0.5) is 11.4 Å². The van der Waals surface area contributed by atoms with E-state index in [4.69, 9.17) is 21.1 Å². The Morgan fingerprint density at radius 1 is 0.886 bits per heavy atom. The Kier molecular flexibility index (Phi) is 7.46. The quantitative estimate of drug-likeness (QED) is 0.530. The van der Waals surface area contributed by atoms with Crippen molar-refractivity contribution in [2.75, 3.05) is 50.6 Å². The van der Waals surface area contributed by atoms with Crippen LogP contribution in [0.15, 0.2) is 60.7 Å². The number of rotatable bonds is 6. The van der Waals surface area contributed by atoms with Gasteiger partial charge in [0.1, 0.15) is 11.5 Å². The van der Waals surface area contributed by atoms with Crippen molar-refractivity contribution < 1.29 is 19.1 Å². The molecule has 0 atom stereocenters. The Morgan fingerprint density at radius 2 is 1.60 bits per heavy atom. The van der Waals surface area contributed by atoms with Crippen LogP contribution in [0, 0.1) is 6.92 Å². The van der Waals surface area contributed by atoms with Crippen LogP contribution in [-0.2, 0) is 0 Å². The van der Waals surface area contributed by atoms with E-state index in [0.717, 1.165) is 11.3 Å². The number of para-hydroxylation sites is 1. The lowest BCUT2D eigenvalue weighted by molar-refractivity contribution is 0.0743. The highest BCUT2D eigenvalue weighted by atomic mass is 35.5. The highest BCUT2D eigenvalue weighted by Gasteiger charge is 2.25. The second-order valence-corrected chi connectivity index (χ2v) is 8.72. The van der Waals surface area contributed by atoms with E-state index in [0.29, 0.717) is 59.5 Å². The Balaban J connectivity index is 1.37. The summed E-state index contributed by atoms with van der Waals surface area (Å²) in [6.45, 7) is 4.46. The smallest absolute Gasteiger partial charge is 0.259 e. The molecule has 0 saturated carbocycles. The average Bonchev–Trinajstić information content (AvgIpc) is 2.88. The molecule has 0 aliphatic carbocycles. The number of hydrogen-bond acceptors (Lipinski definition) is 5. The van der Waals surface area contributed by atoms with Gasteiger partial charge in [0.2, 0.25) is 0 Å². The van der Waals surface area contributed by atoms with Gasteiger partial charge in [0.15, 0.2) is 0 Å². The van der Waals surface area contributed by atoms with Crippen molar-refractivity contribution in [2.24, 2.45) is 0 Å². The largest absolute Gasteiger partial charge is 0.496 e. The van der Waals surface area contributed by atoms with E-state index in [1.807, 2.05) is 48.2 Å². The van der Waals surface area contributed by atoms with E-state index in [9.17, 15) is 9.59 Å². The van der Waals surface area contributed by atoms with E-state index in [1.54, 1.807) is 38.5 Å². The zero-order valence-corrected chi connectivity index (χ0v) is 20.8. The van der Waals surface area contributed by atoms with Crippen molar-refractivity contribution in [3.05, 3.63) is 82.4 Å². The second-order valence-electron chi connectivity index (χ2n) is 8.28. The first kappa shape index (κ1) is 24.4. The second kappa shape index (κ2) is 10.7. The van der Waals surface area contributed by atoms with Gasteiger partial charge in [-0.25, -0.2) is 0 Å². The molecule has 0 bridgehead atoms. The summed E-state index contributed by atoms with van der Waals surface area (Å²) in [5.74, 6) is 0.780. The minimum absolute atomic E-state index is 0.0892. The number of carbonyl (C=O) groups excluding carboxylic acids is 2. The number of aryl methyl sites for hydroxylation is 1. The molecule has 3 aromatic rings. The molecule has 8 heteroatoms. The normalized spacial score (nSPS) is 13.4. The number of ether oxygens (including phenoxy) is 2. The number of carbonyl (C=O) groups is 2. The molecule has 0 radical (unpaired) electrons. The molecular formula is C27H28ClN3O4. The number of halogens is 1. The van der Waals surface area contributed by atoms with Crippen molar-refractivity contribution in [3.63, 3.8) is 0 Å². The van der Waals surface area contributed by atoms with E-state index in [-0.39, 0.29) is 11.8 Å². The molecule has 0 aromatic heterocycles. The number of nitrogens with one attached hydrogen (secondary N) is 1. The molecule has 1 N–H and O–H groups in total. The molecule has 182 valence electrons. The highest BCUT2D eigenvalue weighted by molar-refractivity contribution is 6.31. The van der Waals surface area contributed by atoms with Gasteiger partial charge in [-0.05, 0) is 61.0 Å². The summed E-state index contributed by atoms with van der Waals surface area (Å²) in [4.78, 5) is 29.8. The first-order valence-electron chi connectivity index (χ1n) is 11.3. The third-order valence-electron chi connectivity index (χ3n) is 6.11. The lowest BCUT2D eigenvalue weighted by Crippen LogP contribution is -2.48. The van der Waals surface area contributed by atoms with Crippen LogP contribution in [-0.4, -0.2) is 57.1 Å². The predicted molar refractivity (Wildman–Crippen MR) is 138 cm³/mol. The molecule has 1 aliphatic heterocycles. The number of anilines is 2. The first-order valence-corrected chi connectivity index (χ1v) is 11.7. The average molecular weight is 494 g/mol. The molecule has 1 heterocycles. The Labute approximate surface area is 210 Å². The lowest BCUT2D eigenvalue weighted by Gasteiger charge is -2.36. The maximum Gasteiger partial charge on any atom is 0.259 e. The number of amides is 2. The Bertz CT molecular complexity index is 1220. The van der Waals surface area contributed by atoms with Crippen molar-refractivity contribution in [1.82, 2.24) is 4.90 Å². The number of piperazine rings is 1.